The van der Waals surface area contributed by atoms with E-state index >= 15 is 0 Å². The molecule has 0 saturated carbocycles. The van der Waals surface area contributed by atoms with Crippen molar-refractivity contribution in [1.82, 2.24) is 9.55 Å². The molecule has 0 amide bonds. The van der Waals surface area contributed by atoms with E-state index < -0.39 is 22.9 Å². The number of nitrogens with zero attached hydrogens (tertiary/aromatic N) is 2. The van der Waals surface area contributed by atoms with Crippen molar-refractivity contribution in [2.45, 2.75) is 25.2 Å². The van der Waals surface area contributed by atoms with Gasteiger partial charge >= 0.3 is 0 Å². The van der Waals surface area contributed by atoms with Crippen LogP contribution in [0.5, 0.6) is 5.75 Å². The summed E-state index contributed by atoms with van der Waals surface area (Å²) in [6.07, 6.45) is -1.52. The quantitative estimate of drug-likeness (QED) is 0.845. The minimum Gasteiger partial charge on any atom is -0.485 e. The standard InChI is InChI=1S/C15H19F2N3O3S/c1-20-12-6-10(18)13(23-8-14(16)17)7-11(12)19-15(20)9-2-4-24(21,22)5-3-9/h6-7,9,14H,2-5,8,18H2,1H3. The van der Waals surface area contributed by atoms with Crippen molar-refractivity contribution in [2.75, 3.05) is 23.8 Å². The summed E-state index contributed by atoms with van der Waals surface area (Å²) in [6.45, 7) is -0.726. The van der Waals surface area contributed by atoms with Gasteiger partial charge in [0.15, 0.2) is 0 Å². The van der Waals surface area contributed by atoms with Crippen LogP contribution < -0.4 is 10.5 Å². The third-order valence-electron chi connectivity index (χ3n) is 4.33. The van der Waals surface area contributed by atoms with Gasteiger partial charge in [0.2, 0.25) is 0 Å². The van der Waals surface area contributed by atoms with Gasteiger partial charge in [0.05, 0.1) is 28.2 Å². The average Bonchev–Trinajstić information content (AvgIpc) is 2.81. The van der Waals surface area contributed by atoms with Gasteiger partial charge in [-0.25, -0.2) is 22.2 Å². The van der Waals surface area contributed by atoms with E-state index in [1.807, 2.05) is 11.6 Å². The summed E-state index contributed by atoms with van der Waals surface area (Å²) < 4.78 is 54.7. The highest BCUT2D eigenvalue weighted by molar-refractivity contribution is 7.91. The molecule has 6 nitrogen and oxygen atoms in total. The van der Waals surface area contributed by atoms with Crippen LogP contribution in [0.1, 0.15) is 24.6 Å². The van der Waals surface area contributed by atoms with Crippen molar-refractivity contribution in [2.24, 2.45) is 7.05 Å². The molecule has 1 aliphatic rings. The van der Waals surface area contributed by atoms with E-state index in [0.29, 0.717) is 18.4 Å². The Morgan fingerprint density at radius 1 is 1.38 bits per heavy atom. The number of nitrogen functional groups attached to an aromatic ring is 1. The lowest BCUT2D eigenvalue weighted by atomic mass is 10.0. The first kappa shape index (κ1) is 16.9. The van der Waals surface area contributed by atoms with E-state index in [1.165, 1.54) is 0 Å². The van der Waals surface area contributed by atoms with Crippen molar-refractivity contribution in [3.63, 3.8) is 0 Å². The zero-order chi connectivity index (χ0) is 17.5. The van der Waals surface area contributed by atoms with Gasteiger partial charge < -0.3 is 15.0 Å². The number of imidazole rings is 1. The molecular formula is C15H19F2N3O3S. The molecule has 0 atom stereocenters. The summed E-state index contributed by atoms with van der Waals surface area (Å²) in [4.78, 5) is 4.56. The summed E-state index contributed by atoms with van der Waals surface area (Å²) in [5, 5.41) is 0. The molecule has 0 bridgehead atoms. The molecule has 0 spiro atoms. The van der Waals surface area contributed by atoms with Crippen LogP contribution in [0.3, 0.4) is 0 Å². The fraction of sp³-hybridized carbons (Fsp3) is 0.533. The lowest BCUT2D eigenvalue weighted by Gasteiger charge is -2.21. The Hall–Kier alpha value is -1.90. The number of nitrogens with two attached hydrogens (primary N) is 1. The fourth-order valence-electron chi connectivity index (χ4n) is 3.04. The Bertz CT molecular complexity index is 850. The highest BCUT2D eigenvalue weighted by Crippen LogP contribution is 2.33. The fourth-order valence-corrected chi connectivity index (χ4v) is 4.54. The molecule has 2 aromatic rings. The maximum Gasteiger partial charge on any atom is 0.272 e. The Morgan fingerprint density at radius 3 is 2.67 bits per heavy atom. The lowest BCUT2D eigenvalue weighted by Crippen LogP contribution is -2.23. The third-order valence-corrected chi connectivity index (χ3v) is 6.05. The van der Waals surface area contributed by atoms with E-state index in [0.717, 1.165) is 11.3 Å². The zero-order valence-corrected chi connectivity index (χ0v) is 14.0. The molecule has 9 heteroatoms. The van der Waals surface area contributed by atoms with Crippen LogP contribution in [-0.2, 0) is 16.9 Å². The molecule has 0 radical (unpaired) electrons. The number of rotatable bonds is 4. The number of fused-ring (bicyclic) bond motifs is 1. The minimum absolute atomic E-state index is 0.0533. The SMILES string of the molecule is Cn1c(C2CCS(=O)(=O)CC2)nc2cc(OCC(F)F)c(N)cc21. The van der Waals surface area contributed by atoms with Crippen LogP contribution in [-0.4, -0.2) is 42.5 Å². The molecule has 0 unspecified atom stereocenters. The Labute approximate surface area is 138 Å². The zero-order valence-electron chi connectivity index (χ0n) is 13.2. The van der Waals surface area contributed by atoms with Gasteiger partial charge in [-0.05, 0) is 18.9 Å². The van der Waals surface area contributed by atoms with Crippen LogP contribution in [0.4, 0.5) is 14.5 Å². The molecule has 24 heavy (non-hydrogen) atoms. The molecule has 2 N–H and O–H groups in total. The van der Waals surface area contributed by atoms with Gasteiger partial charge in [0.1, 0.15) is 28.0 Å². The predicted molar refractivity (Wildman–Crippen MR) is 87.3 cm³/mol. The first-order chi connectivity index (χ1) is 11.3. The van der Waals surface area contributed by atoms with Crippen molar-refractivity contribution in [3.05, 3.63) is 18.0 Å². The molecule has 0 aliphatic carbocycles. The lowest BCUT2D eigenvalue weighted by molar-refractivity contribution is 0.0823. The second-order valence-corrected chi connectivity index (χ2v) is 8.34. The molecular weight excluding hydrogens is 340 g/mol. The Balaban J connectivity index is 1.92. The summed E-state index contributed by atoms with van der Waals surface area (Å²) in [5.41, 5.74) is 7.50. The summed E-state index contributed by atoms with van der Waals surface area (Å²) >= 11 is 0. The van der Waals surface area contributed by atoms with E-state index in [-0.39, 0.29) is 28.9 Å². The normalized spacial score (nSPS) is 18.3. The van der Waals surface area contributed by atoms with Gasteiger partial charge in [0, 0.05) is 19.0 Å². The molecule has 1 aromatic carbocycles. The second-order valence-electron chi connectivity index (χ2n) is 6.04. The smallest absolute Gasteiger partial charge is 0.272 e. The Kier molecular flexibility index (Phi) is 4.37. The van der Waals surface area contributed by atoms with Gasteiger partial charge in [0.25, 0.3) is 6.43 Å². The number of halogens is 2. The maximum absolute atomic E-state index is 12.3. The van der Waals surface area contributed by atoms with E-state index in [4.69, 9.17) is 10.5 Å². The monoisotopic (exact) mass is 359 g/mol. The third kappa shape index (κ3) is 3.31. The first-order valence-electron chi connectivity index (χ1n) is 7.64. The van der Waals surface area contributed by atoms with E-state index in [9.17, 15) is 17.2 Å². The van der Waals surface area contributed by atoms with Gasteiger partial charge in [-0.15, -0.1) is 0 Å². The molecule has 3 rings (SSSR count). The molecule has 1 fully saturated rings. The number of sulfone groups is 1. The average molecular weight is 359 g/mol. The summed E-state index contributed by atoms with van der Waals surface area (Å²) in [7, 11) is -1.10. The number of hydrogen-bond acceptors (Lipinski definition) is 5. The largest absolute Gasteiger partial charge is 0.485 e. The molecule has 2 heterocycles. The number of ether oxygens (including phenoxy) is 1. The topological polar surface area (TPSA) is 87.2 Å². The minimum atomic E-state index is -2.94. The summed E-state index contributed by atoms with van der Waals surface area (Å²) in [5.74, 6) is 1.33. The van der Waals surface area contributed by atoms with Crippen molar-refractivity contribution >= 4 is 26.6 Å². The van der Waals surface area contributed by atoms with Crippen LogP contribution in [0.25, 0.3) is 11.0 Å². The van der Waals surface area contributed by atoms with E-state index in [1.54, 1.807) is 12.1 Å². The van der Waals surface area contributed by atoms with Gasteiger partial charge in [-0.1, -0.05) is 0 Å². The van der Waals surface area contributed by atoms with Crippen molar-refractivity contribution in [1.29, 1.82) is 0 Å². The molecule has 1 saturated heterocycles. The highest BCUT2D eigenvalue weighted by atomic mass is 32.2. The second kappa shape index (κ2) is 6.19. The number of aryl methyl sites for hydroxylation is 1. The predicted octanol–water partition coefficient (Wildman–Crippen LogP) is 2.09. The summed E-state index contributed by atoms with van der Waals surface area (Å²) in [6, 6.07) is 3.20. The molecule has 1 aromatic heterocycles. The number of aromatic nitrogens is 2. The maximum atomic E-state index is 12.3. The van der Waals surface area contributed by atoms with Crippen molar-refractivity contribution in [3.8, 4) is 5.75 Å². The van der Waals surface area contributed by atoms with E-state index in [2.05, 4.69) is 4.98 Å². The number of anilines is 1. The van der Waals surface area contributed by atoms with Crippen LogP contribution >= 0.6 is 0 Å². The Morgan fingerprint density at radius 2 is 2.04 bits per heavy atom. The molecule has 1 aliphatic heterocycles. The van der Waals surface area contributed by atoms with Crippen molar-refractivity contribution < 1.29 is 21.9 Å². The number of hydrogen-bond donors (Lipinski definition) is 1. The highest BCUT2D eigenvalue weighted by Gasteiger charge is 2.28. The van der Waals surface area contributed by atoms with Crippen LogP contribution in [0.15, 0.2) is 12.1 Å². The van der Waals surface area contributed by atoms with Crippen LogP contribution in [0, 0.1) is 0 Å². The van der Waals surface area contributed by atoms with Gasteiger partial charge in [-0.2, -0.15) is 0 Å². The number of benzene rings is 1. The number of alkyl halides is 2. The molecule has 132 valence electrons. The first-order valence-corrected chi connectivity index (χ1v) is 9.46. The van der Waals surface area contributed by atoms with Crippen LogP contribution in [0.2, 0.25) is 0 Å². The van der Waals surface area contributed by atoms with Gasteiger partial charge in [-0.3, -0.25) is 0 Å².